The average molecular weight is 227 g/mol. The van der Waals surface area contributed by atoms with Crippen molar-refractivity contribution < 1.29 is 18.6 Å². The second kappa shape index (κ2) is 4.57. The molecular weight excluding hydrogens is 213 g/mol. The first-order valence-electron chi connectivity index (χ1n) is 5.08. The SMILES string of the molecule is COc1cc2c(cc1C(F)CCN)OCO2. The molecule has 1 heterocycles. The van der Waals surface area contributed by atoms with E-state index in [9.17, 15) is 4.39 Å². The van der Waals surface area contributed by atoms with Crippen LogP contribution in [0.15, 0.2) is 12.1 Å². The molecule has 0 radical (unpaired) electrons. The van der Waals surface area contributed by atoms with Gasteiger partial charge in [-0.3, -0.25) is 0 Å². The Hall–Kier alpha value is -1.49. The lowest BCUT2D eigenvalue weighted by Crippen LogP contribution is -2.05. The van der Waals surface area contributed by atoms with E-state index in [-0.39, 0.29) is 13.2 Å². The van der Waals surface area contributed by atoms with Crippen LogP contribution in [0.25, 0.3) is 0 Å². The number of alkyl halides is 1. The maximum Gasteiger partial charge on any atom is 0.231 e. The average Bonchev–Trinajstić information content (AvgIpc) is 2.74. The minimum atomic E-state index is -1.14. The first-order chi connectivity index (χ1) is 7.76. The van der Waals surface area contributed by atoms with Gasteiger partial charge in [0.15, 0.2) is 11.5 Å². The highest BCUT2D eigenvalue weighted by Crippen LogP contribution is 2.41. The molecule has 2 N–H and O–H groups in total. The second-order valence-corrected chi connectivity index (χ2v) is 3.49. The molecule has 1 aliphatic rings. The van der Waals surface area contributed by atoms with Crippen LogP contribution in [0.1, 0.15) is 18.2 Å². The summed E-state index contributed by atoms with van der Waals surface area (Å²) in [6.07, 6.45) is -0.884. The number of methoxy groups -OCH3 is 1. The molecule has 0 fully saturated rings. The predicted octanol–water partition coefficient (Wildman–Crippen LogP) is 1.78. The number of benzene rings is 1. The number of rotatable bonds is 4. The van der Waals surface area contributed by atoms with Gasteiger partial charge in [-0.1, -0.05) is 0 Å². The van der Waals surface area contributed by atoms with Crippen molar-refractivity contribution in [3.8, 4) is 17.2 Å². The molecule has 0 amide bonds. The maximum absolute atomic E-state index is 13.8. The van der Waals surface area contributed by atoms with Crippen LogP contribution in [-0.2, 0) is 0 Å². The highest BCUT2D eigenvalue weighted by Gasteiger charge is 2.22. The molecule has 1 aromatic carbocycles. The van der Waals surface area contributed by atoms with Gasteiger partial charge in [0, 0.05) is 11.6 Å². The lowest BCUT2D eigenvalue weighted by atomic mass is 10.1. The van der Waals surface area contributed by atoms with Gasteiger partial charge in [0.25, 0.3) is 0 Å². The first kappa shape index (κ1) is 11.0. The van der Waals surface area contributed by atoms with Crippen molar-refractivity contribution in [2.45, 2.75) is 12.6 Å². The van der Waals surface area contributed by atoms with Crippen molar-refractivity contribution in [3.63, 3.8) is 0 Å². The summed E-state index contributed by atoms with van der Waals surface area (Å²) in [4.78, 5) is 0. The summed E-state index contributed by atoms with van der Waals surface area (Å²) in [5, 5.41) is 0. The number of hydrogen-bond acceptors (Lipinski definition) is 4. The van der Waals surface area contributed by atoms with E-state index < -0.39 is 6.17 Å². The van der Waals surface area contributed by atoms with E-state index in [1.807, 2.05) is 0 Å². The van der Waals surface area contributed by atoms with Crippen LogP contribution in [0.2, 0.25) is 0 Å². The normalized spacial score (nSPS) is 14.9. The Morgan fingerprint density at radius 1 is 1.44 bits per heavy atom. The monoisotopic (exact) mass is 227 g/mol. The number of ether oxygens (including phenoxy) is 3. The van der Waals surface area contributed by atoms with Gasteiger partial charge < -0.3 is 19.9 Å². The van der Waals surface area contributed by atoms with Crippen LogP contribution >= 0.6 is 0 Å². The fourth-order valence-electron chi connectivity index (χ4n) is 1.66. The molecule has 0 spiro atoms. The molecule has 1 aromatic rings. The van der Waals surface area contributed by atoms with Crippen LogP contribution < -0.4 is 19.9 Å². The molecule has 1 aliphatic heterocycles. The maximum atomic E-state index is 13.8. The summed E-state index contributed by atoms with van der Waals surface area (Å²) < 4.78 is 29.3. The lowest BCUT2D eigenvalue weighted by molar-refractivity contribution is 0.173. The summed E-state index contributed by atoms with van der Waals surface area (Å²) in [7, 11) is 1.50. The Kier molecular flexibility index (Phi) is 3.14. The van der Waals surface area contributed by atoms with Crippen molar-refractivity contribution in [2.24, 2.45) is 5.73 Å². The fourth-order valence-corrected chi connectivity index (χ4v) is 1.66. The Morgan fingerprint density at radius 3 is 2.75 bits per heavy atom. The van der Waals surface area contributed by atoms with Crippen molar-refractivity contribution in [3.05, 3.63) is 17.7 Å². The highest BCUT2D eigenvalue weighted by atomic mass is 19.1. The largest absolute Gasteiger partial charge is 0.496 e. The Morgan fingerprint density at radius 2 is 2.12 bits per heavy atom. The predicted molar refractivity (Wildman–Crippen MR) is 56.6 cm³/mol. The van der Waals surface area contributed by atoms with Crippen LogP contribution in [0.3, 0.4) is 0 Å². The molecule has 0 saturated carbocycles. The van der Waals surface area contributed by atoms with Gasteiger partial charge in [-0.2, -0.15) is 0 Å². The smallest absolute Gasteiger partial charge is 0.231 e. The molecule has 2 rings (SSSR count). The molecule has 0 saturated heterocycles. The Balaban J connectivity index is 2.35. The molecule has 0 aliphatic carbocycles. The van der Waals surface area contributed by atoms with Crippen LogP contribution in [0.5, 0.6) is 17.2 Å². The Bertz CT molecular complexity index is 384. The molecular formula is C11H14FNO3. The number of hydrogen-bond donors (Lipinski definition) is 1. The third kappa shape index (κ3) is 1.90. The zero-order chi connectivity index (χ0) is 11.5. The second-order valence-electron chi connectivity index (χ2n) is 3.49. The number of fused-ring (bicyclic) bond motifs is 1. The minimum Gasteiger partial charge on any atom is -0.496 e. The van der Waals surface area contributed by atoms with Gasteiger partial charge in [0.05, 0.1) is 7.11 Å². The number of halogens is 1. The first-order valence-corrected chi connectivity index (χ1v) is 5.08. The summed E-state index contributed by atoms with van der Waals surface area (Å²) in [5.41, 5.74) is 5.79. The summed E-state index contributed by atoms with van der Waals surface area (Å²) in [6, 6.07) is 3.25. The molecule has 5 heteroatoms. The third-order valence-corrected chi connectivity index (χ3v) is 2.48. The van der Waals surface area contributed by atoms with E-state index in [2.05, 4.69) is 0 Å². The van der Waals surface area contributed by atoms with Gasteiger partial charge in [-0.15, -0.1) is 0 Å². The van der Waals surface area contributed by atoms with E-state index in [0.29, 0.717) is 29.4 Å². The lowest BCUT2D eigenvalue weighted by Gasteiger charge is -2.13. The molecule has 4 nitrogen and oxygen atoms in total. The van der Waals surface area contributed by atoms with Crippen molar-refractivity contribution in [1.82, 2.24) is 0 Å². The highest BCUT2D eigenvalue weighted by molar-refractivity contribution is 5.52. The van der Waals surface area contributed by atoms with Gasteiger partial charge >= 0.3 is 0 Å². The standard InChI is InChI=1S/C11H14FNO3/c1-14-9-5-11-10(15-6-16-11)4-7(9)8(12)2-3-13/h4-5,8H,2-3,6,13H2,1H3. The van der Waals surface area contributed by atoms with Crippen molar-refractivity contribution in [2.75, 3.05) is 20.4 Å². The van der Waals surface area contributed by atoms with Gasteiger partial charge in [-0.05, 0) is 19.0 Å². The molecule has 16 heavy (non-hydrogen) atoms. The number of nitrogens with two attached hydrogens (primary N) is 1. The third-order valence-electron chi connectivity index (χ3n) is 2.48. The Labute approximate surface area is 93.1 Å². The zero-order valence-electron chi connectivity index (χ0n) is 9.03. The molecule has 1 atom stereocenters. The molecule has 0 aromatic heterocycles. The quantitative estimate of drug-likeness (QED) is 0.851. The van der Waals surface area contributed by atoms with Gasteiger partial charge in [-0.25, -0.2) is 4.39 Å². The van der Waals surface area contributed by atoms with Crippen molar-refractivity contribution >= 4 is 0 Å². The van der Waals surface area contributed by atoms with Crippen LogP contribution in [-0.4, -0.2) is 20.4 Å². The summed E-state index contributed by atoms with van der Waals surface area (Å²) in [5.74, 6) is 1.60. The van der Waals surface area contributed by atoms with E-state index in [4.69, 9.17) is 19.9 Å². The topological polar surface area (TPSA) is 53.7 Å². The van der Waals surface area contributed by atoms with E-state index in [1.54, 1.807) is 12.1 Å². The molecule has 0 bridgehead atoms. The summed E-state index contributed by atoms with van der Waals surface area (Å²) in [6.45, 7) is 0.453. The zero-order valence-corrected chi connectivity index (χ0v) is 9.03. The molecule has 88 valence electrons. The summed E-state index contributed by atoms with van der Waals surface area (Å²) >= 11 is 0. The van der Waals surface area contributed by atoms with Crippen molar-refractivity contribution in [1.29, 1.82) is 0 Å². The van der Waals surface area contributed by atoms with E-state index in [0.717, 1.165) is 0 Å². The van der Waals surface area contributed by atoms with E-state index >= 15 is 0 Å². The minimum absolute atomic E-state index is 0.162. The fraction of sp³-hybridized carbons (Fsp3) is 0.455. The van der Waals surface area contributed by atoms with E-state index in [1.165, 1.54) is 7.11 Å². The van der Waals surface area contributed by atoms with Gasteiger partial charge in [0.2, 0.25) is 6.79 Å². The van der Waals surface area contributed by atoms with Crippen LogP contribution in [0, 0.1) is 0 Å². The van der Waals surface area contributed by atoms with Crippen LogP contribution in [0.4, 0.5) is 4.39 Å². The van der Waals surface area contributed by atoms with Gasteiger partial charge in [0.1, 0.15) is 11.9 Å². The molecule has 1 unspecified atom stereocenters.